The SMILES string of the molecule is Cc1ccc(C(N)Cn2ncc3ccccc3c2=O)c(C)c1. The van der Waals surface area contributed by atoms with Crippen LogP contribution in [0.5, 0.6) is 0 Å². The Labute approximate surface area is 129 Å². The van der Waals surface area contributed by atoms with E-state index in [2.05, 4.69) is 18.1 Å². The molecule has 112 valence electrons. The molecule has 2 aromatic carbocycles. The van der Waals surface area contributed by atoms with Crippen molar-refractivity contribution in [2.24, 2.45) is 5.73 Å². The Morgan fingerprint density at radius 2 is 1.95 bits per heavy atom. The van der Waals surface area contributed by atoms with Crippen LogP contribution in [0.4, 0.5) is 0 Å². The summed E-state index contributed by atoms with van der Waals surface area (Å²) >= 11 is 0. The first kappa shape index (κ1) is 14.5. The Bertz CT molecular complexity index is 883. The van der Waals surface area contributed by atoms with Crippen molar-refractivity contribution in [1.29, 1.82) is 0 Å². The lowest BCUT2D eigenvalue weighted by Gasteiger charge is -2.16. The molecule has 0 fully saturated rings. The normalized spacial score (nSPS) is 12.5. The molecule has 0 radical (unpaired) electrons. The number of nitrogens with zero attached hydrogens (tertiary/aromatic N) is 2. The smallest absolute Gasteiger partial charge is 0.274 e. The summed E-state index contributed by atoms with van der Waals surface area (Å²) in [6.45, 7) is 4.46. The molecule has 0 spiro atoms. The fourth-order valence-corrected chi connectivity index (χ4v) is 2.78. The summed E-state index contributed by atoms with van der Waals surface area (Å²) in [4.78, 5) is 12.5. The van der Waals surface area contributed by atoms with E-state index in [-0.39, 0.29) is 11.6 Å². The number of benzene rings is 2. The highest BCUT2D eigenvalue weighted by molar-refractivity contribution is 5.80. The van der Waals surface area contributed by atoms with Gasteiger partial charge in [0, 0.05) is 11.4 Å². The molecule has 3 rings (SSSR count). The summed E-state index contributed by atoms with van der Waals surface area (Å²) in [5.41, 5.74) is 9.58. The molecule has 0 bridgehead atoms. The van der Waals surface area contributed by atoms with Gasteiger partial charge in [-0.25, -0.2) is 4.68 Å². The Morgan fingerprint density at radius 1 is 1.18 bits per heavy atom. The van der Waals surface area contributed by atoms with Gasteiger partial charge in [0.2, 0.25) is 0 Å². The van der Waals surface area contributed by atoms with E-state index in [1.54, 1.807) is 6.20 Å². The molecule has 1 atom stereocenters. The topological polar surface area (TPSA) is 60.9 Å². The Kier molecular flexibility index (Phi) is 3.77. The van der Waals surface area contributed by atoms with Gasteiger partial charge in [0.15, 0.2) is 0 Å². The summed E-state index contributed by atoms with van der Waals surface area (Å²) in [5, 5.41) is 5.77. The molecular weight excluding hydrogens is 274 g/mol. The minimum absolute atomic E-state index is 0.0988. The molecule has 1 heterocycles. The average molecular weight is 293 g/mol. The zero-order valence-electron chi connectivity index (χ0n) is 12.8. The third-order valence-electron chi connectivity index (χ3n) is 3.96. The number of hydrogen-bond donors (Lipinski definition) is 1. The predicted molar refractivity (Wildman–Crippen MR) is 88.8 cm³/mol. The fourth-order valence-electron chi connectivity index (χ4n) is 2.78. The second-order valence-corrected chi connectivity index (χ2v) is 5.69. The highest BCUT2D eigenvalue weighted by Crippen LogP contribution is 2.18. The van der Waals surface area contributed by atoms with Gasteiger partial charge in [-0.3, -0.25) is 4.79 Å². The van der Waals surface area contributed by atoms with Gasteiger partial charge in [-0.05, 0) is 31.0 Å². The summed E-state index contributed by atoms with van der Waals surface area (Å²) in [5.74, 6) is 0. The Hall–Kier alpha value is -2.46. The summed E-state index contributed by atoms with van der Waals surface area (Å²) in [6.07, 6.45) is 1.71. The maximum absolute atomic E-state index is 12.5. The zero-order valence-corrected chi connectivity index (χ0v) is 12.8. The fraction of sp³-hybridized carbons (Fsp3) is 0.222. The van der Waals surface area contributed by atoms with Crippen LogP contribution in [0.2, 0.25) is 0 Å². The quantitative estimate of drug-likeness (QED) is 0.807. The van der Waals surface area contributed by atoms with Crippen molar-refractivity contribution >= 4 is 10.8 Å². The lowest BCUT2D eigenvalue weighted by molar-refractivity contribution is 0.506. The largest absolute Gasteiger partial charge is 0.322 e. The molecule has 4 heteroatoms. The van der Waals surface area contributed by atoms with Gasteiger partial charge in [-0.2, -0.15) is 5.10 Å². The van der Waals surface area contributed by atoms with Gasteiger partial charge in [-0.1, -0.05) is 42.0 Å². The third kappa shape index (κ3) is 2.65. The van der Waals surface area contributed by atoms with E-state index < -0.39 is 0 Å². The Morgan fingerprint density at radius 3 is 2.73 bits per heavy atom. The summed E-state index contributed by atoms with van der Waals surface area (Å²) in [6, 6.07) is 13.4. The van der Waals surface area contributed by atoms with Gasteiger partial charge >= 0.3 is 0 Å². The molecule has 0 aliphatic carbocycles. The Balaban J connectivity index is 1.96. The predicted octanol–water partition coefficient (Wildman–Crippen LogP) is 2.71. The number of rotatable bonds is 3. The van der Waals surface area contributed by atoms with E-state index in [0.717, 1.165) is 16.5 Å². The van der Waals surface area contributed by atoms with Crippen LogP contribution in [0, 0.1) is 13.8 Å². The maximum Gasteiger partial charge on any atom is 0.274 e. The summed E-state index contributed by atoms with van der Waals surface area (Å²) in [7, 11) is 0. The van der Waals surface area contributed by atoms with Crippen LogP contribution in [0.1, 0.15) is 22.7 Å². The van der Waals surface area contributed by atoms with Crippen molar-refractivity contribution in [2.75, 3.05) is 0 Å². The third-order valence-corrected chi connectivity index (χ3v) is 3.96. The first-order chi connectivity index (χ1) is 10.6. The highest BCUT2D eigenvalue weighted by atomic mass is 16.1. The van der Waals surface area contributed by atoms with Gasteiger partial charge in [0.25, 0.3) is 5.56 Å². The van der Waals surface area contributed by atoms with Crippen molar-refractivity contribution in [1.82, 2.24) is 9.78 Å². The van der Waals surface area contributed by atoms with Crippen molar-refractivity contribution in [3.05, 3.63) is 75.7 Å². The second kappa shape index (κ2) is 5.73. The van der Waals surface area contributed by atoms with E-state index in [0.29, 0.717) is 11.9 Å². The van der Waals surface area contributed by atoms with E-state index in [4.69, 9.17) is 5.73 Å². The molecule has 0 aliphatic heterocycles. The highest BCUT2D eigenvalue weighted by Gasteiger charge is 2.12. The van der Waals surface area contributed by atoms with E-state index in [1.165, 1.54) is 10.2 Å². The average Bonchev–Trinajstić information content (AvgIpc) is 2.50. The van der Waals surface area contributed by atoms with Crippen molar-refractivity contribution in [2.45, 2.75) is 26.4 Å². The zero-order chi connectivity index (χ0) is 15.7. The van der Waals surface area contributed by atoms with E-state index >= 15 is 0 Å². The molecule has 0 aliphatic rings. The van der Waals surface area contributed by atoms with E-state index in [1.807, 2.05) is 43.3 Å². The van der Waals surface area contributed by atoms with Crippen LogP contribution in [0.15, 0.2) is 53.5 Å². The van der Waals surface area contributed by atoms with Gasteiger partial charge in [0.05, 0.1) is 18.1 Å². The maximum atomic E-state index is 12.5. The molecule has 0 amide bonds. The number of nitrogens with two attached hydrogens (primary N) is 1. The summed E-state index contributed by atoms with van der Waals surface area (Å²) < 4.78 is 1.45. The number of aryl methyl sites for hydroxylation is 2. The van der Waals surface area contributed by atoms with Gasteiger partial charge in [0.1, 0.15) is 0 Å². The molecule has 0 saturated carbocycles. The standard InChI is InChI=1S/C18H19N3O/c1-12-7-8-15(13(2)9-12)17(19)11-21-18(22)16-6-4-3-5-14(16)10-20-21/h3-10,17H,11,19H2,1-2H3. The first-order valence-electron chi connectivity index (χ1n) is 7.34. The van der Waals surface area contributed by atoms with Crippen LogP contribution in [-0.4, -0.2) is 9.78 Å². The van der Waals surface area contributed by atoms with Crippen LogP contribution in [0.3, 0.4) is 0 Å². The molecule has 1 unspecified atom stereocenters. The second-order valence-electron chi connectivity index (χ2n) is 5.69. The van der Waals surface area contributed by atoms with Gasteiger partial charge < -0.3 is 5.73 Å². The first-order valence-corrected chi connectivity index (χ1v) is 7.34. The van der Waals surface area contributed by atoms with Crippen LogP contribution in [-0.2, 0) is 6.54 Å². The molecule has 2 N–H and O–H groups in total. The van der Waals surface area contributed by atoms with Crippen molar-refractivity contribution in [3.63, 3.8) is 0 Å². The van der Waals surface area contributed by atoms with Crippen LogP contribution < -0.4 is 11.3 Å². The molecular formula is C18H19N3O. The van der Waals surface area contributed by atoms with Crippen LogP contribution >= 0.6 is 0 Å². The molecule has 22 heavy (non-hydrogen) atoms. The lowest BCUT2D eigenvalue weighted by Crippen LogP contribution is -2.29. The monoisotopic (exact) mass is 293 g/mol. The van der Waals surface area contributed by atoms with Crippen LogP contribution in [0.25, 0.3) is 10.8 Å². The number of aromatic nitrogens is 2. The molecule has 1 aromatic heterocycles. The molecule has 4 nitrogen and oxygen atoms in total. The number of hydrogen-bond acceptors (Lipinski definition) is 3. The lowest BCUT2D eigenvalue weighted by atomic mass is 10.00. The van der Waals surface area contributed by atoms with E-state index in [9.17, 15) is 4.79 Å². The molecule has 3 aromatic rings. The minimum Gasteiger partial charge on any atom is -0.322 e. The number of fused-ring (bicyclic) bond motifs is 1. The van der Waals surface area contributed by atoms with Gasteiger partial charge in [-0.15, -0.1) is 0 Å². The van der Waals surface area contributed by atoms with Crippen molar-refractivity contribution in [3.8, 4) is 0 Å². The minimum atomic E-state index is -0.257. The van der Waals surface area contributed by atoms with Crippen molar-refractivity contribution < 1.29 is 0 Å². The molecule has 0 saturated heterocycles.